The van der Waals surface area contributed by atoms with Crippen molar-refractivity contribution in [1.82, 2.24) is 9.47 Å². The first-order valence-corrected chi connectivity index (χ1v) is 13.1. The summed E-state index contributed by atoms with van der Waals surface area (Å²) in [5.41, 5.74) is 4.85. The Kier molecular flexibility index (Phi) is 6.38. The molecule has 0 saturated carbocycles. The largest absolute Gasteiger partial charge is 0.338 e. The van der Waals surface area contributed by atoms with Gasteiger partial charge < -0.3 is 14.8 Å². The van der Waals surface area contributed by atoms with E-state index in [0.717, 1.165) is 28.8 Å². The second-order valence-electron chi connectivity index (χ2n) is 10.3. The number of carbonyl (C=O) groups is 2. The molecule has 3 heterocycles. The molecule has 6 rings (SSSR count). The van der Waals surface area contributed by atoms with Gasteiger partial charge in [0.1, 0.15) is 5.69 Å². The average Bonchev–Trinajstić information content (AvgIpc) is 2.95. The molecule has 3 aromatic carbocycles. The summed E-state index contributed by atoms with van der Waals surface area (Å²) < 4.78 is 1.80. The number of likely N-dealkylation sites (tertiary alicyclic amines) is 1. The molecule has 1 saturated heterocycles. The van der Waals surface area contributed by atoms with Gasteiger partial charge in [-0.25, -0.2) is 0 Å². The van der Waals surface area contributed by atoms with Crippen molar-refractivity contribution in [1.29, 1.82) is 0 Å². The van der Waals surface area contributed by atoms with Crippen molar-refractivity contribution in [2.45, 2.75) is 25.3 Å². The van der Waals surface area contributed by atoms with Crippen LogP contribution in [-0.2, 0) is 17.8 Å². The summed E-state index contributed by atoms with van der Waals surface area (Å²) in [6.45, 7) is 1.74. The normalized spacial score (nSPS) is 17.9. The lowest BCUT2D eigenvalue weighted by molar-refractivity contribution is -0.115. The summed E-state index contributed by atoms with van der Waals surface area (Å²) in [5, 5.41) is 2.80. The van der Waals surface area contributed by atoms with Crippen LogP contribution in [0.2, 0.25) is 0 Å². The van der Waals surface area contributed by atoms with E-state index < -0.39 is 0 Å². The quantitative estimate of drug-likeness (QED) is 0.419. The number of hydrogen-bond donors (Lipinski definition) is 1. The van der Waals surface area contributed by atoms with Crippen LogP contribution in [0.4, 0.5) is 5.69 Å². The van der Waals surface area contributed by atoms with Crippen LogP contribution in [0, 0.1) is 5.92 Å². The Morgan fingerprint density at radius 3 is 2.18 bits per heavy atom. The van der Waals surface area contributed by atoms with Crippen molar-refractivity contribution in [3.8, 4) is 11.1 Å². The van der Waals surface area contributed by atoms with Gasteiger partial charge in [-0.15, -0.1) is 0 Å². The highest BCUT2D eigenvalue weighted by molar-refractivity contribution is 5.95. The molecule has 0 aliphatic carbocycles. The van der Waals surface area contributed by atoms with E-state index in [0.29, 0.717) is 30.9 Å². The molecule has 1 fully saturated rings. The van der Waals surface area contributed by atoms with E-state index in [2.05, 4.69) is 17.4 Å². The van der Waals surface area contributed by atoms with E-state index in [1.807, 2.05) is 83.8 Å². The topological polar surface area (TPSA) is 71.4 Å². The molecule has 1 aromatic heterocycles. The molecule has 0 unspecified atom stereocenters. The standard InChI is InChI=1S/C32H29N3O3/c36-30(18-22-7-3-1-4-8-22)33-28-15-16-29-27-17-23(20-35(29)32(28)38)19-34(21-27)31(37)26-13-11-25(12-14-26)24-9-5-2-6-10-24/h1-16,23,27H,17-21H2,(H,33,36)/t23-,27+/m0/s1. The van der Waals surface area contributed by atoms with E-state index in [-0.39, 0.29) is 35.6 Å². The molecule has 2 amide bonds. The number of amides is 2. The third-order valence-electron chi connectivity index (χ3n) is 7.61. The average molecular weight is 504 g/mol. The summed E-state index contributed by atoms with van der Waals surface area (Å²) in [6.07, 6.45) is 1.17. The smallest absolute Gasteiger partial charge is 0.274 e. The lowest BCUT2D eigenvalue weighted by Gasteiger charge is -2.43. The van der Waals surface area contributed by atoms with Crippen molar-refractivity contribution >= 4 is 17.5 Å². The van der Waals surface area contributed by atoms with Gasteiger partial charge in [0.2, 0.25) is 5.91 Å². The predicted molar refractivity (Wildman–Crippen MR) is 148 cm³/mol. The first kappa shape index (κ1) is 23.9. The van der Waals surface area contributed by atoms with Gasteiger partial charge in [0, 0.05) is 36.8 Å². The summed E-state index contributed by atoms with van der Waals surface area (Å²) in [7, 11) is 0. The SMILES string of the molecule is O=C(Cc1ccccc1)Nc1ccc2n(c1=O)C[C@H]1C[C@@H]2CN(C(=O)c2ccc(-c3ccccc3)cc2)C1. The molecule has 0 radical (unpaired) electrons. The van der Waals surface area contributed by atoms with Gasteiger partial charge in [0.15, 0.2) is 0 Å². The number of nitrogens with zero attached hydrogens (tertiary/aromatic N) is 2. The molecule has 0 spiro atoms. The highest BCUT2D eigenvalue weighted by Crippen LogP contribution is 2.36. The van der Waals surface area contributed by atoms with Crippen LogP contribution in [0.1, 0.15) is 34.0 Å². The molecular weight excluding hydrogens is 474 g/mol. The first-order valence-electron chi connectivity index (χ1n) is 13.1. The molecule has 2 atom stereocenters. The third-order valence-corrected chi connectivity index (χ3v) is 7.61. The molecule has 4 aromatic rings. The number of pyridine rings is 1. The zero-order valence-electron chi connectivity index (χ0n) is 21.0. The molecule has 190 valence electrons. The fourth-order valence-corrected chi connectivity index (χ4v) is 5.80. The van der Waals surface area contributed by atoms with E-state index >= 15 is 0 Å². The zero-order chi connectivity index (χ0) is 26.1. The van der Waals surface area contributed by atoms with Crippen LogP contribution in [-0.4, -0.2) is 34.4 Å². The minimum atomic E-state index is -0.208. The highest BCUT2D eigenvalue weighted by Gasteiger charge is 2.37. The van der Waals surface area contributed by atoms with Crippen molar-refractivity contribution in [2.24, 2.45) is 5.92 Å². The van der Waals surface area contributed by atoms with Gasteiger partial charge in [-0.2, -0.15) is 0 Å². The van der Waals surface area contributed by atoms with Crippen LogP contribution >= 0.6 is 0 Å². The number of benzene rings is 3. The van der Waals surface area contributed by atoms with E-state index in [4.69, 9.17) is 0 Å². The summed E-state index contributed by atoms with van der Waals surface area (Å²) in [4.78, 5) is 41.2. The van der Waals surface area contributed by atoms with Gasteiger partial charge in [-0.1, -0.05) is 72.8 Å². The minimum absolute atomic E-state index is 0.0277. The second kappa shape index (κ2) is 10.1. The number of fused-ring (bicyclic) bond motifs is 4. The molecule has 38 heavy (non-hydrogen) atoms. The molecular formula is C32H29N3O3. The first-order chi connectivity index (χ1) is 18.5. The predicted octanol–water partition coefficient (Wildman–Crippen LogP) is 4.96. The maximum absolute atomic E-state index is 13.4. The van der Waals surface area contributed by atoms with Crippen LogP contribution in [0.5, 0.6) is 0 Å². The van der Waals surface area contributed by atoms with Crippen LogP contribution < -0.4 is 10.9 Å². The van der Waals surface area contributed by atoms with Crippen LogP contribution in [0.25, 0.3) is 11.1 Å². The summed E-state index contributed by atoms with van der Waals surface area (Å²) in [5.74, 6) is 0.110. The minimum Gasteiger partial charge on any atom is -0.338 e. The number of carbonyl (C=O) groups excluding carboxylic acids is 2. The highest BCUT2D eigenvalue weighted by atomic mass is 16.2. The number of aromatic nitrogens is 1. The Hall–Kier alpha value is -4.45. The van der Waals surface area contributed by atoms with E-state index in [1.54, 1.807) is 10.6 Å². The Labute approximate surface area is 221 Å². The van der Waals surface area contributed by atoms with Crippen molar-refractivity contribution in [3.05, 3.63) is 124 Å². The van der Waals surface area contributed by atoms with Gasteiger partial charge in [-0.3, -0.25) is 14.4 Å². The molecule has 2 aliphatic rings. The Bertz CT molecular complexity index is 1530. The maximum atomic E-state index is 13.4. The van der Waals surface area contributed by atoms with Crippen molar-refractivity contribution in [3.63, 3.8) is 0 Å². The summed E-state index contributed by atoms with van der Waals surface area (Å²) >= 11 is 0. The lowest BCUT2D eigenvalue weighted by Crippen LogP contribution is -2.49. The van der Waals surface area contributed by atoms with Gasteiger partial charge in [-0.05, 0) is 53.3 Å². The Morgan fingerprint density at radius 2 is 1.45 bits per heavy atom. The van der Waals surface area contributed by atoms with Gasteiger partial charge in [0.05, 0.1) is 6.42 Å². The van der Waals surface area contributed by atoms with E-state index in [1.165, 1.54) is 0 Å². The molecule has 6 heteroatoms. The molecule has 1 N–H and O–H groups in total. The number of anilines is 1. The van der Waals surface area contributed by atoms with Crippen LogP contribution in [0.15, 0.2) is 102 Å². The molecule has 6 nitrogen and oxygen atoms in total. The van der Waals surface area contributed by atoms with E-state index in [9.17, 15) is 14.4 Å². The number of rotatable bonds is 5. The fraction of sp³-hybridized carbons (Fsp3) is 0.219. The number of hydrogen-bond acceptors (Lipinski definition) is 3. The third kappa shape index (κ3) is 4.77. The summed E-state index contributed by atoms with van der Waals surface area (Å²) in [6, 6.07) is 31.0. The Morgan fingerprint density at radius 1 is 0.763 bits per heavy atom. The number of piperidine rings is 1. The Balaban J connectivity index is 1.16. The molecule has 2 bridgehead atoms. The number of nitrogens with one attached hydrogen (secondary N) is 1. The van der Waals surface area contributed by atoms with Gasteiger partial charge >= 0.3 is 0 Å². The van der Waals surface area contributed by atoms with Crippen LogP contribution in [0.3, 0.4) is 0 Å². The zero-order valence-corrected chi connectivity index (χ0v) is 21.0. The lowest BCUT2D eigenvalue weighted by atomic mass is 9.83. The van der Waals surface area contributed by atoms with Crippen molar-refractivity contribution in [2.75, 3.05) is 18.4 Å². The molecule has 2 aliphatic heterocycles. The van der Waals surface area contributed by atoms with Gasteiger partial charge in [0.25, 0.3) is 11.5 Å². The van der Waals surface area contributed by atoms with Crippen molar-refractivity contribution < 1.29 is 9.59 Å². The second-order valence-corrected chi connectivity index (χ2v) is 10.3. The fourth-order valence-electron chi connectivity index (χ4n) is 5.80. The monoisotopic (exact) mass is 503 g/mol. The maximum Gasteiger partial charge on any atom is 0.274 e.